The molecule has 0 saturated carbocycles. The highest BCUT2D eigenvalue weighted by atomic mass is 32.1. The first-order valence-electron chi connectivity index (χ1n) is 6.33. The van der Waals surface area contributed by atoms with Crippen molar-refractivity contribution in [2.75, 3.05) is 0 Å². The third-order valence-electron chi connectivity index (χ3n) is 2.80. The number of rotatable bonds is 6. The molecule has 3 N–H and O–H groups in total. The molecule has 2 rings (SSSR count). The molecule has 110 valence electrons. The smallest absolute Gasteiger partial charge is 0.326 e. The van der Waals surface area contributed by atoms with Crippen LogP contribution in [0.1, 0.15) is 11.3 Å². The van der Waals surface area contributed by atoms with Gasteiger partial charge in [0.05, 0.1) is 17.7 Å². The Kier molecular flexibility index (Phi) is 5.28. The third kappa shape index (κ3) is 4.88. The maximum absolute atomic E-state index is 11.7. The van der Waals surface area contributed by atoms with E-state index in [1.807, 2.05) is 35.7 Å². The number of carbonyl (C=O) groups excluding carboxylic acids is 1. The minimum absolute atomic E-state index is 0.236. The highest BCUT2D eigenvalue weighted by Crippen LogP contribution is 2.04. The van der Waals surface area contributed by atoms with E-state index in [9.17, 15) is 14.7 Å². The largest absolute Gasteiger partial charge is 0.480 e. The van der Waals surface area contributed by atoms with Gasteiger partial charge in [-0.15, -0.1) is 11.3 Å². The predicted molar refractivity (Wildman–Crippen MR) is 79.1 cm³/mol. The van der Waals surface area contributed by atoms with Crippen LogP contribution in [0.25, 0.3) is 0 Å². The number of amides is 2. The number of carbonyl (C=O) groups is 2. The first-order chi connectivity index (χ1) is 10.1. The van der Waals surface area contributed by atoms with Crippen molar-refractivity contribution in [1.29, 1.82) is 0 Å². The van der Waals surface area contributed by atoms with Crippen LogP contribution in [0.2, 0.25) is 0 Å². The zero-order chi connectivity index (χ0) is 15.1. The van der Waals surface area contributed by atoms with E-state index >= 15 is 0 Å². The van der Waals surface area contributed by atoms with Crippen molar-refractivity contribution in [2.45, 2.75) is 19.0 Å². The Hall–Kier alpha value is -2.41. The molecule has 6 nitrogen and oxygen atoms in total. The molecule has 1 aromatic carbocycles. The number of hydrogen-bond donors (Lipinski definition) is 3. The number of thiazole rings is 1. The van der Waals surface area contributed by atoms with Crippen LogP contribution in [-0.2, 0) is 17.8 Å². The van der Waals surface area contributed by atoms with Gasteiger partial charge in [0, 0.05) is 11.8 Å². The minimum atomic E-state index is -1.07. The number of benzene rings is 1. The fourth-order valence-corrected chi connectivity index (χ4v) is 2.31. The predicted octanol–water partition coefficient (Wildman–Crippen LogP) is 1.64. The monoisotopic (exact) mass is 305 g/mol. The summed E-state index contributed by atoms with van der Waals surface area (Å²) in [6, 6.07) is 7.67. The van der Waals surface area contributed by atoms with Gasteiger partial charge < -0.3 is 15.7 Å². The Morgan fingerprint density at radius 1 is 1.29 bits per heavy atom. The van der Waals surface area contributed by atoms with Crippen LogP contribution in [-0.4, -0.2) is 28.1 Å². The number of nitrogens with one attached hydrogen (secondary N) is 2. The molecule has 1 aromatic heterocycles. The minimum Gasteiger partial charge on any atom is -0.480 e. The normalized spacial score (nSPS) is 11.6. The lowest BCUT2D eigenvalue weighted by Crippen LogP contribution is -2.46. The second-order valence-electron chi connectivity index (χ2n) is 4.39. The number of urea groups is 1. The SMILES string of the molecule is O=C(NCc1cscn1)N[C@@H](Cc1ccccc1)C(=O)O. The van der Waals surface area contributed by atoms with E-state index < -0.39 is 18.0 Å². The Labute approximate surface area is 125 Å². The van der Waals surface area contributed by atoms with Crippen LogP contribution >= 0.6 is 11.3 Å². The average molecular weight is 305 g/mol. The molecule has 0 spiro atoms. The van der Waals surface area contributed by atoms with Gasteiger partial charge in [0.1, 0.15) is 6.04 Å². The first kappa shape index (κ1) is 15.0. The van der Waals surface area contributed by atoms with Crippen molar-refractivity contribution in [3.05, 3.63) is 52.5 Å². The standard InChI is InChI=1S/C14H15N3O3S/c18-13(19)12(6-10-4-2-1-3-5-10)17-14(20)15-7-11-8-21-9-16-11/h1-5,8-9,12H,6-7H2,(H,18,19)(H2,15,17,20)/t12-/m0/s1. The third-order valence-corrected chi connectivity index (χ3v) is 3.43. The number of aliphatic carboxylic acids is 1. The summed E-state index contributed by atoms with van der Waals surface area (Å²) >= 11 is 1.43. The van der Waals surface area contributed by atoms with Gasteiger partial charge in [-0.1, -0.05) is 30.3 Å². The van der Waals surface area contributed by atoms with Gasteiger partial charge in [-0.25, -0.2) is 14.6 Å². The summed E-state index contributed by atoms with van der Waals surface area (Å²) < 4.78 is 0. The summed E-state index contributed by atoms with van der Waals surface area (Å²) in [4.78, 5) is 27.0. The molecular formula is C14H15N3O3S. The number of aromatic nitrogens is 1. The van der Waals surface area contributed by atoms with Gasteiger partial charge in [0.25, 0.3) is 0 Å². The Bertz CT molecular complexity index is 587. The molecule has 2 amide bonds. The Balaban J connectivity index is 1.87. The van der Waals surface area contributed by atoms with Crippen LogP contribution in [0.4, 0.5) is 4.79 Å². The number of hydrogen-bond acceptors (Lipinski definition) is 4. The van der Waals surface area contributed by atoms with Crippen LogP contribution in [0, 0.1) is 0 Å². The lowest BCUT2D eigenvalue weighted by Gasteiger charge is -2.15. The highest BCUT2D eigenvalue weighted by molar-refractivity contribution is 7.07. The molecule has 21 heavy (non-hydrogen) atoms. The lowest BCUT2D eigenvalue weighted by molar-refractivity contribution is -0.139. The van der Waals surface area contributed by atoms with Crippen molar-refractivity contribution >= 4 is 23.3 Å². The van der Waals surface area contributed by atoms with Crippen LogP contribution < -0.4 is 10.6 Å². The van der Waals surface area contributed by atoms with Crippen LogP contribution in [0.5, 0.6) is 0 Å². The molecule has 0 saturated heterocycles. The number of carboxylic acid groups (broad SMARTS) is 1. The van der Waals surface area contributed by atoms with Crippen molar-refractivity contribution in [3.63, 3.8) is 0 Å². The molecule has 1 heterocycles. The highest BCUT2D eigenvalue weighted by Gasteiger charge is 2.20. The average Bonchev–Trinajstić information content (AvgIpc) is 2.99. The Morgan fingerprint density at radius 2 is 2.05 bits per heavy atom. The van der Waals surface area contributed by atoms with Crippen molar-refractivity contribution in [1.82, 2.24) is 15.6 Å². The van der Waals surface area contributed by atoms with Gasteiger partial charge in [0.15, 0.2) is 0 Å². The zero-order valence-electron chi connectivity index (χ0n) is 11.2. The van der Waals surface area contributed by atoms with Gasteiger partial charge in [0.2, 0.25) is 0 Å². The quantitative estimate of drug-likeness (QED) is 0.756. The maximum Gasteiger partial charge on any atom is 0.326 e. The summed E-state index contributed by atoms with van der Waals surface area (Å²) in [7, 11) is 0. The van der Waals surface area contributed by atoms with Gasteiger partial charge in [-0.2, -0.15) is 0 Å². The zero-order valence-corrected chi connectivity index (χ0v) is 12.0. The summed E-state index contributed by atoms with van der Waals surface area (Å²) in [5, 5.41) is 16.0. The molecule has 0 unspecified atom stereocenters. The van der Waals surface area contributed by atoms with E-state index in [0.29, 0.717) is 0 Å². The molecule has 0 aliphatic heterocycles. The second kappa shape index (κ2) is 7.39. The molecular weight excluding hydrogens is 290 g/mol. The summed E-state index contributed by atoms with van der Waals surface area (Å²) in [5.41, 5.74) is 3.26. The van der Waals surface area contributed by atoms with E-state index in [-0.39, 0.29) is 13.0 Å². The van der Waals surface area contributed by atoms with Crippen molar-refractivity contribution in [2.24, 2.45) is 0 Å². The molecule has 0 aliphatic carbocycles. The van der Waals surface area contributed by atoms with Crippen molar-refractivity contribution < 1.29 is 14.7 Å². The molecule has 2 aromatic rings. The topological polar surface area (TPSA) is 91.3 Å². The number of carboxylic acids is 1. The van der Waals surface area contributed by atoms with Crippen molar-refractivity contribution in [3.8, 4) is 0 Å². The Morgan fingerprint density at radius 3 is 2.67 bits per heavy atom. The number of nitrogens with zero attached hydrogens (tertiary/aromatic N) is 1. The first-order valence-corrected chi connectivity index (χ1v) is 7.27. The summed E-state index contributed by atoms with van der Waals surface area (Å²) in [5.74, 6) is -1.07. The second-order valence-corrected chi connectivity index (χ2v) is 5.11. The molecule has 7 heteroatoms. The molecule has 1 atom stereocenters. The van der Waals surface area contributed by atoms with E-state index in [1.54, 1.807) is 5.51 Å². The summed E-state index contributed by atoms with van der Waals surface area (Å²) in [6.45, 7) is 0.271. The maximum atomic E-state index is 11.7. The van der Waals surface area contributed by atoms with Gasteiger partial charge in [-0.3, -0.25) is 0 Å². The van der Waals surface area contributed by atoms with E-state index in [1.165, 1.54) is 11.3 Å². The van der Waals surface area contributed by atoms with E-state index in [0.717, 1.165) is 11.3 Å². The molecule has 0 radical (unpaired) electrons. The molecule has 0 bridgehead atoms. The van der Waals surface area contributed by atoms with Crippen LogP contribution in [0.3, 0.4) is 0 Å². The lowest BCUT2D eigenvalue weighted by atomic mass is 10.1. The van der Waals surface area contributed by atoms with Gasteiger partial charge >= 0.3 is 12.0 Å². The summed E-state index contributed by atoms with van der Waals surface area (Å²) in [6.07, 6.45) is 0.236. The van der Waals surface area contributed by atoms with Gasteiger partial charge in [-0.05, 0) is 5.56 Å². The van der Waals surface area contributed by atoms with E-state index in [2.05, 4.69) is 15.6 Å². The molecule has 0 fully saturated rings. The van der Waals surface area contributed by atoms with Crippen LogP contribution in [0.15, 0.2) is 41.2 Å². The fourth-order valence-electron chi connectivity index (χ4n) is 1.75. The van der Waals surface area contributed by atoms with E-state index in [4.69, 9.17) is 0 Å². The fraction of sp³-hybridized carbons (Fsp3) is 0.214. The molecule has 0 aliphatic rings.